The summed E-state index contributed by atoms with van der Waals surface area (Å²) in [5.41, 5.74) is 1.40. The van der Waals surface area contributed by atoms with Gasteiger partial charge in [-0.1, -0.05) is 25.7 Å². The van der Waals surface area contributed by atoms with Gasteiger partial charge in [0, 0.05) is 43.3 Å². The van der Waals surface area contributed by atoms with Gasteiger partial charge < -0.3 is 29.1 Å². The maximum atomic E-state index is 13.5. The van der Waals surface area contributed by atoms with Gasteiger partial charge in [0.2, 0.25) is 12.7 Å². The number of aliphatic hydroxyl groups is 1. The molecule has 0 fully saturated rings. The highest BCUT2D eigenvalue weighted by Gasteiger charge is 2.35. The summed E-state index contributed by atoms with van der Waals surface area (Å²) < 4.78 is 17.0. The minimum atomic E-state index is -0.451. The van der Waals surface area contributed by atoms with E-state index in [4.69, 9.17) is 14.2 Å². The molecule has 37 heavy (non-hydrogen) atoms. The third-order valence-corrected chi connectivity index (χ3v) is 6.55. The average molecular weight is 508 g/mol. The smallest absolute Gasteiger partial charge is 0.259 e. The van der Waals surface area contributed by atoms with E-state index in [0.717, 1.165) is 12.8 Å². The van der Waals surface area contributed by atoms with Crippen LogP contribution in [0.15, 0.2) is 30.5 Å². The standard InChI is InChI=1S/C28H33N3O6/c1-5-6-7-8-20-11-22-26(29-13-20)37-25(18(2)14-31(28(22)34)19(3)16-32)15-30(4)27(33)21-9-10-23-24(12-21)36-17-35-23/h9-13,18-19,25,32H,5-6,14-17H2,1-4H3/t18-,19-,25-/m0/s1. The first-order valence-corrected chi connectivity index (χ1v) is 12.5. The molecule has 1 N–H and O–H groups in total. The SMILES string of the molecule is CCCC#Cc1cnc2c(c1)C(=O)N([C@@H](C)CO)C[C@H](C)[C@H](CN(C)C(=O)c1ccc3c(c1)OCO3)O2. The highest BCUT2D eigenvalue weighted by Crippen LogP contribution is 2.33. The molecule has 0 unspecified atom stereocenters. The average Bonchev–Trinajstić information content (AvgIpc) is 3.38. The van der Waals surface area contributed by atoms with Crippen molar-refractivity contribution in [3.63, 3.8) is 0 Å². The van der Waals surface area contributed by atoms with Crippen LogP contribution in [0.1, 0.15) is 59.9 Å². The van der Waals surface area contributed by atoms with Crippen LogP contribution in [0.5, 0.6) is 17.4 Å². The van der Waals surface area contributed by atoms with Crippen LogP contribution >= 0.6 is 0 Å². The zero-order chi connectivity index (χ0) is 26.5. The number of pyridine rings is 1. The molecule has 2 amide bonds. The minimum absolute atomic E-state index is 0.135. The Morgan fingerprint density at radius 2 is 2.08 bits per heavy atom. The molecule has 4 rings (SSSR count). The third-order valence-electron chi connectivity index (χ3n) is 6.55. The second kappa shape index (κ2) is 11.5. The van der Waals surface area contributed by atoms with Gasteiger partial charge in [-0.3, -0.25) is 9.59 Å². The highest BCUT2D eigenvalue weighted by atomic mass is 16.7. The number of aromatic nitrogens is 1. The Hall–Kier alpha value is -3.77. The first-order chi connectivity index (χ1) is 17.8. The molecule has 2 aliphatic heterocycles. The first-order valence-electron chi connectivity index (χ1n) is 12.5. The largest absolute Gasteiger partial charge is 0.472 e. The second-order valence-corrected chi connectivity index (χ2v) is 9.50. The fourth-order valence-corrected chi connectivity index (χ4v) is 4.28. The number of hydrogen-bond acceptors (Lipinski definition) is 7. The predicted octanol–water partition coefficient (Wildman–Crippen LogP) is 2.95. The van der Waals surface area contributed by atoms with Crippen LogP contribution in [0.25, 0.3) is 0 Å². The van der Waals surface area contributed by atoms with E-state index in [1.54, 1.807) is 54.2 Å². The summed E-state index contributed by atoms with van der Waals surface area (Å²) in [5.74, 6) is 6.87. The molecule has 2 aliphatic rings. The molecular formula is C28H33N3O6. The Morgan fingerprint density at radius 1 is 1.30 bits per heavy atom. The van der Waals surface area contributed by atoms with E-state index < -0.39 is 12.1 Å². The molecule has 0 aliphatic carbocycles. The lowest BCUT2D eigenvalue weighted by Gasteiger charge is -2.37. The van der Waals surface area contributed by atoms with Crippen molar-refractivity contribution >= 4 is 11.8 Å². The van der Waals surface area contributed by atoms with Crippen LogP contribution in [0.3, 0.4) is 0 Å². The number of unbranched alkanes of at least 4 members (excludes halogenated alkanes) is 1. The molecule has 1 aromatic carbocycles. The number of likely N-dealkylation sites (N-methyl/N-ethyl adjacent to an activating group) is 1. The van der Waals surface area contributed by atoms with E-state index in [1.807, 2.05) is 6.92 Å². The number of nitrogens with zero attached hydrogens (tertiary/aromatic N) is 3. The zero-order valence-corrected chi connectivity index (χ0v) is 21.7. The number of rotatable bonds is 6. The molecule has 0 saturated heterocycles. The molecule has 196 valence electrons. The molecule has 2 aromatic rings. The first kappa shape index (κ1) is 26.3. The van der Waals surface area contributed by atoms with E-state index >= 15 is 0 Å². The van der Waals surface area contributed by atoms with Crippen LogP contribution in [0.4, 0.5) is 0 Å². The Bertz CT molecular complexity index is 1220. The Labute approximate surface area is 217 Å². The zero-order valence-electron chi connectivity index (χ0n) is 21.7. The van der Waals surface area contributed by atoms with Crippen molar-refractivity contribution in [1.82, 2.24) is 14.8 Å². The molecule has 0 saturated carbocycles. The lowest BCUT2D eigenvalue weighted by Crippen LogP contribution is -2.50. The van der Waals surface area contributed by atoms with Gasteiger partial charge in [-0.25, -0.2) is 4.98 Å². The van der Waals surface area contributed by atoms with Crippen LogP contribution in [0.2, 0.25) is 0 Å². The van der Waals surface area contributed by atoms with Crippen molar-refractivity contribution in [3.05, 3.63) is 47.2 Å². The van der Waals surface area contributed by atoms with Crippen molar-refractivity contribution in [2.45, 2.75) is 45.8 Å². The maximum Gasteiger partial charge on any atom is 0.259 e. The number of carbonyl (C=O) groups is 2. The number of fused-ring (bicyclic) bond motifs is 2. The van der Waals surface area contributed by atoms with Gasteiger partial charge in [-0.15, -0.1) is 0 Å². The number of aliphatic hydroxyl groups excluding tert-OH is 1. The van der Waals surface area contributed by atoms with E-state index in [9.17, 15) is 14.7 Å². The van der Waals surface area contributed by atoms with Crippen molar-refractivity contribution in [2.75, 3.05) is 33.5 Å². The van der Waals surface area contributed by atoms with Gasteiger partial charge >= 0.3 is 0 Å². The highest BCUT2D eigenvalue weighted by molar-refractivity contribution is 5.97. The fourth-order valence-electron chi connectivity index (χ4n) is 4.28. The molecule has 1 aromatic heterocycles. The van der Waals surface area contributed by atoms with Gasteiger partial charge in [-0.2, -0.15) is 0 Å². The topological polar surface area (TPSA) is 101 Å². The van der Waals surface area contributed by atoms with Gasteiger partial charge in [0.1, 0.15) is 11.7 Å². The summed E-state index contributed by atoms with van der Waals surface area (Å²) in [5, 5.41) is 9.84. The Morgan fingerprint density at radius 3 is 2.84 bits per heavy atom. The molecule has 9 nitrogen and oxygen atoms in total. The van der Waals surface area contributed by atoms with Crippen LogP contribution in [-0.4, -0.2) is 77.4 Å². The van der Waals surface area contributed by atoms with Gasteiger partial charge in [0.15, 0.2) is 11.5 Å². The number of benzene rings is 1. The fraction of sp³-hybridized carbons (Fsp3) is 0.464. The van der Waals surface area contributed by atoms with Crippen molar-refractivity contribution < 1.29 is 28.9 Å². The molecule has 0 radical (unpaired) electrons. The lowest BCUT2D eigenvalue weighted by molar-refractivity contribution is 0.0313. The van der Waals surface area contributed by atoms with E-state index in [0.29, 0.717) is 34.7 Å². The van der Waals surface area contributed by atoms with Crippen molar-refractivity contribution in [2.24, 2.45) is 5.92 Å². The van der Waals surface area contributed by atoms with Gasteiger partial charge in [-0.05, 0) is 37.6 Å². The van der Waals surface area contributed by atoms with Crippen LogP contribution in [0, 0.1) is 17.8 Å². The molecule has 3 heterocycles. The predicted molar refractivity (Wildman–Crippen MR) is 137 cm³/mol. The summed E-state index contributed by atoms with van der Waals surface area (Å²) in [6, 6.07) is 6.39. The summed E-state index contributed by atoms with van der Waals surface area (Å²) in [6.45, 7) is 6.39. The molecule has 9 heteroatoms. The summed E-state index contributed by atoms with van der Waals surface area (Å²) in [4.78, 5) is 34.4. The van der Waals surface area contributed by atoms with Crippen molar-refractivity contribution in [3.8, 4) is 29.2 Å². The molecule has 3 atom stereocenters. The van der Waals surface area contributed by atoms with E-state index in [2.05, 4.69) is 23.7 Å². The van der Waals surface area contributed by atoms with Gasteiger partial charge in [0.25, 0.3) is 11.8 Å². The van der Waals surface area contributed by atoms with Crippen LogP contribution in [-0.2, 0) is 0 Å². The maximum absolute atomic E-state index is 13.5. The minimum Gasteiger partial charge on any atom is -0.472 e. The number of amides is 2. The van der Waals surface area contributed by atoms with Crippen molar-refractivity contribution in [1.29, 1.82) is 0 Å². The summed E-state index contributed by atoms with van der Waals surface area (Å²) in [6.07, 6.45) is 2.83. The molecular weight excluding hydrogens is 474 g/mol. The molecule has 0 bridgehead atoms. The monoisotopic (exact) mass is 507 g/mol. The van der Waals surface area contributed by atoms with E-state index in [1.165, 1.54) is 0 Å². The third kappa shape index (κ3) is 5.81. The normalized spacial score (nSPS) is 19.1. The van der Waals surface area contributed by atoms with E-state index in [-0.39, 0.29) is 43.6 Å². The second-order valence-electron chi connectivity index (χ2n) is 9.50. The number of hydrogen-bond donors (Lipinski definition) is 1. The number of ether oxygens (including phenoxy) is 3. The van der Waals surface area contributed by atoms with Gasteiger partial charge in [0.05, 0.1) is 19.2 Å². The summed E-state index contributed by atoms with van der Waals surface area (Å²) in [7, 11) is 1.71. The quantitative estimate of drug-likeness (QED) is 0.600. The van der Waals surface area contributed by atoms with Crippen LogP contribution < -0.4 is 14.2 Å². The molecule has 0 spiro atoms. The Balaban J connectivity index is 1.61. The summed E-state index contributed by atoms with van der Waals surface area (Å²) >= 11 is 0. The Kier molecular flexibility index (Phi) is 8.19. The number of carbonyl (C=O) groups excluding carboxylic acids is 2. The lowest BCUT2D eigenvalue weighted by atomic mass is 9.99.